The van der Waals surface area contributed by atoms with E-state index in [1.807, 2.05) is 0 Å². The second-order valence-corrected chi connectivity index (χ2v) is 10.6. The van der Waals surface area contributed by atoms with Crippen molar-refractivity contribution < 1.29 is 0 Å². The molecule has 4 saturated carbocycles. The Morgan fingerprint density at radius 3 is 2.21 bits per heavy atom. The summed E-state index contributed by atoms with van der Waals surface area (Å²) in [6, 6.07) is 0. The van der Waals surface area contributed by atoms with E-state index in [1.165, 1.54) is 38.5 Å². The van der Waals surface area contributed by atoms with E-state index in [0.29, 0.717) is 22.2 Å². The van der Waals surface area contributed by atoms with Crippen LogP contribution < -0.4 is 0 Å². The summed E-state index contributed by atoms with van der Waals surface area (Å²) in [4.78, 5) is 0. The molecule has 0 amide bonds. The van der Waals surface area contributed by atoms with Crippen LogP contribution >= 0.6 is 23.2 Å². The second-order valence-electron chi connectivity index (χ2n) is 9.23. The van der Waals surface area contributed by atoms with Crippen LogP contribution in [0, 0.1) is 33.5 Å². The van der Waals surface area contributed by atoms with Gasteiger partial charge in [0.1, 0.15) is 4.33 Å². The maximum Gasteiger partial charge on any atom is 0.127 e. The van der Waals surface area contributed by atoms with E-state index in [4.69, 9.17) is 23.2 Å². The fraction of sp³-hybridized carbons (Fsp3) is 1.00. The topological polar surface area (TPSA) is 0 Å². The number of rotatable bonds is 0. The molecule has 108 valence electrons. The lowest BCUT2D eigenvalue weighted by Crippen LogP contribution is -2.39. The van der Waals surface area contributed by atoms with Gasteiger partial charge in [-0.3, -0.25) is 0 Å². The highest BCUT2D eigenvalue weighted by atomic mass is 35.5. The molecule has 1 spiro atoms. The molecule has 4 fully saturated rings. The zero-order valence-electron chi connectivity index (χ0n) is 12.7. The molecule has 4 aliphatic rings. The largest absolute Gasteiger partial charge is 0.127 e. The zero-order chi connectivity index (χ0) is 13.9. The van der Waals surface area contributed by atoms with Gasteiger partial charge < -0.3 is 0 Å². The van der Waals surface area contributed by atoms with Gasteiger partial charge in [-0.15, -0.1) is 23.2 Å². The van der Waals surface area contributed by atoms with Crippen LogP contribution in [0.4, 0.5) is 0 Å². The molecule has 19 heavy (non-hydrogen) atoms. The highest BCUT2D eigenvalue weighted by Gasteiger charge is 2.85. The van der Waals surface area contributed by atoms with Crippen LogP contribution in [0.1, 0.15) is 66.2 Å². The van der Waals surface area contributed by atoms with Gasteiger partial charge in [0.2, 0.25) is 0 Å². The molecular weight excluding hydrogens is 275 g/mol. The normalized spacial score (nSPS) is 60.3. The van der Waals surface area contributed by atoms with Crippen molar-refractivity contribution >= 4 is 23.2 Å². The molecule has 0 aromatic carbocycles. The van der Waals surface area contributed by atoms with Crippen LogP contribution in [0.2, 0.25) is 0 Å². The standard InChI is InChI=1S/C17H26Cl2/c1-13(2)6-5-7-14(3)10-16(14)9-8-15(4)12(11(13)16)17(15,18)19/h11-12H,5-10H2,1-4H3/t11-,12+,14+,15-,16+/m1/s1. The second kappa shape index (κ2) is 3.17. The molecule has 4 rings (SSSR count). The summed E-state index contributed by atoms with van der Waals surface area (Å²) in [5.41, 5.74) is 1.77. The Bertz CT molecular complexity index is 454. The number of halogens is 2. The number of fused-ring (bicyclic) bond motifs is 2. The Hall–Kier alpha value is 0.580. The van der Waals surface area contributed by atoms with Crippen LogP contribution in [-0.2, 0) is 0 Å². The van der Waals surface area contributed by atoms with Gasteiger partial charge in [0, 0.05) is 11.3 Å². The summed E-state index contributed by atoms with van der Waals surface area (Å²) < 4.78 is -0.452. The summed E-state index contributed by atoms with van der Waals surface area (Å²) >= 11 is 13.5. The van der Waals surface area contributed by atoms with E-state index in [2.05, 4.69) is 27.7 Å². The van der Waals surface area contributed by atoms with Crippen molar-refractivity contribution in [3.05, 3.63) is 0 Å². The molecule has 0 aromatic heterocycles. The third kappa shape index (κ3) is 1.26. The lowest BCUT2D eigenvalue weighted by Gasteiger charge is -2.45. The SMILES string of the molecule is CC1(C)CCC[C@@]2(C)C[C@]23CC[C@]2(C)[C@H]([C@H]13)C2(Cl)Cl. The predicted molar refractivity (Wildman–Crippen MR) is 81.5 cm³/mol. The van der Waals surface area contributed by atoms with Gasteiger partial charge >= 0.3 is 0 Å². The molecule has 0 N–H and O–H groups in total. The van der Waals surface area contributed by atoms with Crippen molar-refractivity contribution in [2.75, 3.05) is 0 Å². The van der Waals surface area contributed by atoms with Crippen molar-refractivity contribution in [1.82, 2.24) is 0 Å². The lowest BCUT2D eigenvalue weighted by atomic mass is 9.59. The molecule has 0 aliphatic heterocycles. The fourth-order valence-electron chi connectivity index (χ4n) is 6.63. The number of hydrogen-bond donors (Lipinski definition) is 0. The van der Waals surface area contributed by atoms with Crippen molar-refractivity contribution in [2.45, 2.75) is 70.6 Å². The van der Waals surface area contributed by atoms with E-state index >= 15 is 0 Å². The smallest absolute Gasteiger partial charge is 0.101 e. The van der Waals surface area contributed by atoms with Gasteiger partial charge in [-0.2, -0.15) is 0 Å². The Labute approximate surface area is 127 Å². The van der Waals surface area contributed by atoms with Crippen molar-refractivity contribution in [2.24, 2.45) is 33.5 Å². The highest BCUT2D eigenvalue weighted by Crippen LogP contribution is 2.89. The van der Waals surface area contributed by atoms with Gasteiger partial charge in [-0.25, -0.2) is 0 Å². The van der Waals surface area contributed by atoms with E-state index in [9.17, 15) is 0 Å². The van der Waals surface area contributed by atoms with Crippen molar-refractivity contribution in [3.8, 4) is 0 Å². The van der Waals surface area contributed by atoms with Crippen LogP contribution in [0.3, 0.4) is 0 Å². The molecule has 4 aliphatic carbocycles. The van der Waals surface area contributed by atoms with E-state index < -0.39 is 4.33 Å². The minimum atomic E-state index is -0.452. The third-order valence-electron chi connectivity index (χ3n) is 7.95. The molecule has 5 atom stereocenters. The fourth-order valence-corrected chi connectivity index (χ4v) is 7.68. The van der Waals surface area contributed by atoms with Gasteiger partial charge in [-0.1, -0.05) is 34.1 Å². The maximum absolute atomic E-state index is 6.75. The first-order valence-electron chi connectivity index (χ1n) is 7.99. The lowest BCUT2D eigenvalue weighted by molar-refractivity contribution is 0.0289. The summed E-state index contributed by atoms with van der Waals surface area (Å²) in [6.45, 7) is 9.84. The first-order chi connectivity index (χ1) is 8.61. The quantitative estimate of drug-likeness (QED) is 0.495. The monoisotopic (exact) mass is 300 g/mol. The zero-order valence-corrected chi connectivity index (χ0v) is 14.2. The molecule has 0 radical (unpaired) electrons. The minimum absolute atomic E-state index is 0.192. The van der Waals surface area contributed by atoms with Crippen molar-refractivity contribution in [3.63, 3.8) is 0 Å². The Kier molecular flexibility index (Phi) is 2.21. The van der Waals surface area contributed by atoms with Crippen LogP contribution in [-0.4, -0.2) is 4.33 Å². The van der Waals surface area contributed by atoms with Gasteiger partial charge in [0.25, 0.3) is 0 Å². The highest BCUT2D eigenvalue weighted by molar-refractivity contribution is 6.52. The van der Waals surface area contributed by atoms with Gasteiger partial charge in [0.15, 0.2) is 0 Å². The molecule has 0 saturated heterocycles. The first kappa shape index (κ1) is 13.3. The molecule has 2 heteroatoms. The maximum atomic E-state index is 6.75. The third-order valence-corrected chi connectivity index (χ3v) is 9.28. The van der Waals surface area contributed by atoms with E-state index in [0.717, 1.165) is 5.92 Å². The predicted octanol–water partition coefficient (Wildman–Crippen LogP) is 5.81. The molecule has 0 unspecified atom stereocenters. The summed E-state index contributed by atoms with van der Waals surface area (Å²) in [6.07, 6.45) is 8.21. The Morgan fingerprint density at radius 1 is 0.842 bits per heavy atom. The van der Waals surface area contributed by atoms with Crippen molar-refractivity contribution in [1.29, 1.82) is 0 Å². The van der Waals surface area contributed by atoms with Crippen LogP contribution in [0.5, 0.6) is 0 Å². The average Bonchev–Trinajstić information content (AvgIpc) is 3.00. The summed E-state index contributed by atoms with van der Waals surface area (Å²) in [7, 11) is 0. The number of hydrogen-bond acceptors (Lipinski definition) is 0. The van der Waals surface area contributed by atoms with E-state index in [-0.39, 0.29) is 5.41 Å². The van der Waals surface area contributed by atoms with E-state index in [1.54, 1.807) is 0 Å². The Morgan fingerprint density at radius 2 is 1.53 bits per heavy atom. The number of alkyl halides is 2. The van der Waals surface area contributed by atoms with Gasteiger partial charge in [0.05, 0.1) is 0 Å². The van der Waals surface area contributed by atoms with Gasteiger partial charge in [-0.05, 0) is 54.3 Å². The average molecular weight is 301 g/mol. The molecular formula is C17H26Cl2. The Balaban J connectivity index is 1.83. The first-order valence-corrected chi connectivity index (χ1v) is 8.74. The van der Waals surface area contributed by atoms with Crippen LogP contribution in [0.25, 0.3) is 0 Å². The minimum Gasteiger partial charge on any atom is -0.101 e. The summed E-state index contributed by atoms with van der Waals surface area (Å²) in [5, 5.41) is 0. The summed E-state index contributed by atoms with van der Waals surface area (Å²) in [5.74, 6) is 1.27. The molecule has 0 nitrogen and oxygen atoms in total. The van der Waals surface area contributed by atoms with Crippen LogP contribution in [0.15, 0.2) is 0 Å². The molecule has 0 bridgehead atoms. The molecule has 0 aromatic rings. The molecule has 0 heterocycles.